The van der Waals surface area contributed by atoms with E-state index in [2.05, 4.69) is 54.6 Å². The highest BCUT2D eigenvalue weighted by atomic mass is 16.6. The van der Waals surface area contributed by atoms with Gasteiger partial charge in [0.05, 0.1) is 7.11 Å². The Balaban J connectivity index is 2.07. The highest BCUT2D eigenvalue weighted by Gasteiger charge is 2.23. The van der Waals surface area contributed by atoms with Crippen molar-refractivity contribution < 1.29 is 14.6 Å². The third kappa shape index (κ3) is 5.42. The van der Waals surface area contributed by atoms with Gasteiger partial charge in [-0.2, -0.15) is 0 Å². The number of benzene rings is 2. The Kier molecular flexibility index (Phi) is 7.64. The monoisotopic (exact) mass is 426 g/mol. The van der Waals surface area contributed by atoms with Crippen LogP contribution in [0, 0.1) is 6.92 Å². The van der Waals surface area contributed by atoms with Crippen LogP contribution in [-0.4, -0.2) is 46.1 Å². The number of nitrogens with zero attached hydrogens (tertiary/aromatic N) is 3. The van der Waals surface area contributed by atoms with Crippen LogP contribution in [0.1, 0.15) is 55.4 Å². The minimum Gasteiger partial charge on any atom is -0.494 e. The summed E-state index contributed by atoms with van der Waals surface area (Å²) < 4.78 is 12.8. The van der Waals surface area contributed by atoms with Crippen LogP contribution in [0.3, 0.4) is 0 Å². The van der Waals surface area contributed by atoms with Gasteiger partial charge in [0.25, 0.3) is 0 Å². The van der Waals surface area contributed by atoms with Crippen molar-refractivity contribution in [2.75, 3.05) is 13.7 Å². The summed E-state index contributed by atoms with van der Waals surface area (Å²) in [6.45, 7) is 9.54. The number of aryl methyl sites for hydroxylation is 2. The van der Waals surface area contributed by atoms with E-state index in [9.17, 15) is 5.11 Å². The van der Waals surface area contributed by atoms with E-state index in [4.69, 9.17) is 9.47 Å². The van der Waals surface area contributed by atoms with Crippen molar-refractivity contribution in [2.24, 2.45) is 7.05 Å². The molecule has 1 heterocycles. The molecule has 7 nitrogen and oxygen atoms in total. The summed E-state index contributed by atoms with van der Waals surface area (Å²) in [6.07, 6.45) is -0.430. The molecule has 2 unspecified atom stereocenters. The maximum atomic E-state index is 10.5. The number of fused-ring (bicyclic) bond motifs is 1. The molecule has 1 aromatic heterocycles. The Morgan fingerprint density at radius 3 is 2.61 bits per heavy atom. The van der Waals surface area contributed by atoms with Crippen molar-refractivity contribution >= 4 is 11.0 Å². The SMILES string of the molecule is CCOC(O)CC(c1ccc(C)c(CNC(C)C)c1)c1cc(OC)c2c(c1)nnn2C. The zero-order valence-corrected chi connectivity index (χ0v) is 19.3. The quantitative estimate of drug-likeness (QED) is 0.482. The van der Waals surface area contributed by atoms with Gasteiger partial charge in [-0.3, -0.25) is 0 Å². The zero-order valence-electron chi connectivity index (χ0n) is 19.3. The minimum absolute atomic E-state index is 0.0831. The molecule has 168 valence electrons. The van der Waals surface area contributed by atoms with Crippen LogP contribution >= 0.6 is 0 Å². The molecule has 2 aromatic carbocycles. The molecule has 2 N–H and O–H groups in total. The van der Waals surface area contributed by atoms with E-state index in [1.54, 1.807) is 11.8 Å². The number of rotatable bonds is 10. The van der Waals surface area contributed by atoms with Crippen molar-refractivity contribution in [2.45, 2.75) is 58.9 Å². The first-order valence-corrected chi connectivity index (χ1v) is 10.8. The van der Waals surface area contributed by atoms with Crippen molar-refractivity contribution in [3.63, 3.8) is 0 Å². The molecule has 0 aliphatic rings. The van der Waals surface area contributed by atoms with Gasteiger partial charge >= 0.3 is 0 Å². The van der Waals surface area contributed by atoms with Gasteiger partial charge in [-0.05, 0) is 48.2 Å². The zero-order chi connectivity index (χ0) is 22.5. The molecule has 0 bridgehead atoms. The number of aliphatic hydroxyl groups is 1. The molecule has 3 rings (SSSR count). The van der Waals surface area contributed by atoms with Gasteiger partial charge in [0.2, 0.25) is 0 Å². The van der Waals surface area contributed by atoms with E-state index in [1.807, 2.05) is 26.1 Å². The summed E-state index contributed by atoms with van der Waals surface area (Å²) in [6, 6.07) is 10.9. The maximum Gasteiger partial charge on any atom is 0.155 e. The van der Waals surface area contributed by atoms with Crippen molar-refractivity contribution in [3.05, 3.63) is 52.6 Å². The van der Waals surface area contributed by atoms with Crippen molar-refractivity contribution in [1.82, 2.24) is 20.3 Å². The largest absolute Gasteiger partial charge is 0.494 e. The van der Waals surface area contributed by atoms with Crippen molar-refractivity contribution in [1.29, 1.82) is 0 Å². The van der Waals surface area contributed by atoms with Crippen molar-refractivity contribution in [3.8, 4) is 5.75 Å². The number of aliphatic hydroxyl groups excluding tert-OH is 1. The Morgan fingerprint density at radius 2 is 1.94 bits per heavy atom. The molecule has 31 heavy (non-hydrogen) atoms. The van der Waals surface area contributed by atoms with E-state index in [-0.39, 0.29) is 5.92 Å². The number of nitrogens with one attached hydrogen (secondary N) is 1. The van der Waals surface area contributed by atoms with Crippen LogP contribution < -0.4 is 10.1 Å². The third-order valence-electron chi connectivity index (χ3n) is 5.58. The lowest BCUT2D eigenvalue weighted by Gasteiger charge is -2.23. The van der Waals surface area contributed by atoms with Crippen LogP contribution in [0.25, 0.3) is 11.0 Å². The van der Waals surface area contributed by atoms with E-state index >= 15 is 0 Å². The van der Waals surface area contributed by atoms with E-state index in [0.717, 1.165) is 28.7 Å². The molecule has 3 aromatic rings. The lowest BCUT2D eigenvalue weighted by Crippen LogP contribution is -2.22. The first-order chi connectivity index (χ1) is 14.8. The second kappa shape index (κ2) is 10.2. The standard InChI is InChI=1S/C24H34N4O3/c1-7-31-23(29)13-20(17-9-8-16(4)19(10-17)14-25-15(2)3)18-11-21-24(22(12-18)30-6)28(5)27-26-21/h8-12,15,20,23,25,29H,7,13-14H2,1-6H3. The summed E-state index contributed by atoms with van der Waals surface area (Å²) in [4.78, 5) is 0. The van der Waals surface area contributed by atoms with Gasteiger partial charge in [0.15, 0.2) is 6.29 Å². The Hall–Kier alpha value is -2.48. The second-order valence-corrected chi connectivity index (χ2v) is 8.22. The van der Waals surface area contributed by atoms with E-state index in [1.165, 1.54) is 11.1 Å². The fraction of sp³-hybridized carbons (Fsp3) is 0.500. The minimum atomic E-state index is -0.864. The normalized spacial score (nSPS) is 13.7. The first-order valence-electron chi connectivity index (χ1n) is 10.8. The number of methoxy groups -OCH3 is 1. The number of aromatic nitrogens is 3. The van der Waals surface area contributed by atoms with Crippen LogP contribution in [0.4, 0.5) is 0 Å². The predicted molar refractivity (Wildman–Crippen MR) is 122 cm³/mol. The smallest absolute Gasteiger partial charge is 0.155 e. The molecule has 0 spiro atoms. The van der Waals surface area contributed by atoms with Gasteiger partial charge in [0, 0.05) is 38.6 Å². The Labute approximate surface area is 184 Å². The molecular formula is C24H34N4O3. The molecule has 0 fully saturated rings. The van der Waals surface area contributed by atoms with Crippen LogP contribution in [0.2, 0.25) is 0 Å². The lowest BCUT2D eigenvalue weighted by molar-refractivity contribution is -0.100. The summed E-state index contributed by atoms with van der Waals surface area (Å²) in [5, 5.41) is 22.4. The predicted octanol–water partition coefficient (Wildman–Crippen LogP) is 3.66. The summed E-state index contributed by atoms with van der Waals surface area (Å²) in [5.74, 6) is 0.630. The average molecular weight is 427 g/mol. The average Bonchev–Trinajstić information content (AvgIpc) is 3.12. The number of hydrogen-bond acceptors (Lipinski definition) is 6. The summed E-state index contributed by atoms with van der Waals surface area (Å²) >= 11 is 0. The van der Waals surface area contributed by atoms with Crippen LogP contribution in [-0.2, 0) is 18.3 Å². The van der Waals surface area contributed by atoms with Crippen LogP contribution in [0.15, 0.2) is 30.3 Å². The highest BCUT2D eigenvalue weighted by molar-refractivity contribution is 5.82. The van der Waals surface area contributed by atoms with Gasteiger partial charge in [-0.1, -0.05) is 37.3 Å². The molecule has 2 atom stereocenters. The third-order valence-corrected chi connectivity index (χ3v) is 5.58. The first kappa shape index (κ1) is 23.2. The topological polar surface area (TPSA) is 81.4 Å². The molecule has 0 saturated heterocycles. The highest BCUT2D eigenvalue weighted by Crippen LogP contribution is 2.36. The number of ether oxygens (including phenoxy) is 2. The summed E-state index contributed by atoms with van der Waals surface area (Å²) in [5.41, 5.74) is 6.23. The van der Waals surface area contributed by atoms with Crippen LogP contribution in [0.5, 0.6) is 5.75 Å². The second-order valence-electron chi connectivity index (χ2n) is 8.22. The number of hydrogen-bond donors (Lipinski definition) is 2. The molecular weight excluding hydrogens is 392 g/mol. The molecule has 0 aliphatic heterocycles. The summed E-state index contributed by atoms with van der Waals surface area (Å²) in [7, 11) is 3.50. The molecule has 0 saturated carbocycles. The van der Waals surface area contributed by atoms with Gasteiger partial charge in [-0.25, -0.2) is 4.68 Å². The molecule has 0 amide bonds. The fourth-order valence-corrected chi connectivity index (χ4v) is 3.87. The molecule has 0 aliphatic carbocycles. The Bertz CT molecular complexity index is 1020. The molecule has 0 radical (unpaired) electrons. The Morgan fingerprint density at radius 1 is 1.16 bits per heavy atom. The van der Waals surface area contributed by atoms with Gasteiger partial charge in [0.1, 0.15) is 16.8 Å². The maximum absolute atomic E-state index is 10.5. The van der Waals surface area contributed by atoms with E-state index in [0.29, 0.717) is 24.8 Å². The van der Waals surface area contributed by atoms with E-state index < -0.39 is 6.29 Å². The fourth-order valence-electron chi connectivity index (χ4n) is 3.87. The van der Waals surface area contributed by atoms with Gasteiger partial charge in [-0.15, -0.1) is 5.10 Å². The molecule has 7 heteroatoms. The van der Waals surface area contributed by atoms with Gasteiger partial charge < -0.3 is 19.9 Å². The lowest BCUT2D eigenvalue weighted by atomic mass is 9.86.